The molecule has 0 aromatic carbocycles. The molecular formula is C11H18N2O2. The highest BCUT2D eigenvalue weighted by atomic mass is 16.5. The number of likely N-dealkylation sites (tertiary alicyclic amines) is 1. The normalized spacial score (nSPS) is 21.5. The Bertz CT molecular complexity index is 281. The molecule has 0 spiro atoms. The highest BCUT2D eigenvalue weighted by Crippen LogP contribution is 2.23. The molecule has 0 aromatic rings. The van der Waals surface area contributed by atoms with Crippen LogP contribution in [0.4, 0.5) is 0 Å². The van der Waals surface area contributed by atoms with Gasteiger partial charge in [-0.1, -0.05) is 0 Å². The van der Waals surface area contributed by atoms with Crippen LogP contribution in [-0.4, -0.2) is 37.6 Å². The highest BCUT2D eigenvalue weighted by Gasteiger charge is 2.35. The van der Waals surface area contributed by atoms with E-state index < -0.39 is 5.41 Å². The van der Waals surface area contributed by atoms with Crippen molar-refractivity contribution in [2.75, 3.05) is 26.8 Å². The number of rotatable bonds is 3. The lowest BCUT2D eigenvalue weighted by atomic mass is 9.94. The third kappa shape index (κ3) is 2.69. The maximum absolute atomic E-state index is 11.9. The summed E-state index contributed by atoms with van der Waals surface area (Å²) in [5.41, 5.74) is -0.901. The van der Waals surface area contributed by atoms with Gasteiger partial charge in [-0.2, -0.15) is 5.26 Å². The molecule has 15 heavy (non-hydrogen) atoms. The molecule has 1 unspecified atom stereocenters. The number of carbonyl (C=O) groups excluding carboxylic acids is 1. The van der Waals surface area contributed by atoms with E-state index in [9.17, 15) is 4.79 Å². The van der Waals surface area contributed by atoms with Gasteiger partial charge in [-0.15, -0.1) is 0 Å². The molecule has 1 amide bonds. The Morgan fingerprint density at radius 2 is 2.33 bits per heavy atom. The quantitative estimate of drug-likeness (QED) is 0.699. The van der Waals surface area contributed by atoms with Crippen LogP contribution in [0.3, 0.4) is 0 Å². The topological polar surface area (TPSA) is 53.3 Å². The maximum atomic E-state index is 11.9. The maximum Gasteiger partial charge on any atom is 0.242 e. The fraction of sp³-hybridized carbons (Fsp3) is 0.818. The van der Waals surface area contributed by atoms with Gasteiger partial charge in [0.05, 0.1) is 12.7 Å². The first kappa shape index (κ1) is 12.0. The average Bonchev–Trinajstić information content (AvgIpc) is 2.66. The van der Waals surface area contributed by atoms with Gasteiger partial charge in [-0.3, -0.25) is 4.79 Å². The monoisotopic (exact) mass is 210 g/mol. The first-order valence-corrected chi connectivity index (χ1v) is 5.21. The van der Waals surface area contributed by atoms with E-state index in [4.69, 9.17) is 10.00 Å². The molecule has 1 saturated heterocycles. The zero-order valence-electron chi connectivity index (χ0n) is 9.62. The first-order chi connectivity index (χ1) is 7.01. The number of carbonyl (C=O) groups is 1. The average molecular weight is 210 g/mol. The molecule has 1 heterocycles. The molecule has 0 N–H and O–H groups in total. The zero-order valence-corrected chi connectivity index (χ0v) is 9.62. The smallest absolute Gasteiger partial charge is 0.242 e. The van der Waals surface area contributed by atoms with Gasteiger partial charge in [0.25, 0.3) is 0 Å². The summed E-state index contributed by atoms with van der Waals surface area (Å²) in [6.45, 7) is 5.49. The van der Waals surface area contributed by atoms with Crippen LogP contribution in [0.15, 0.2) is 0 Å². The van der Waals surface area contributed by atoms with Gasteiger partial charge in [0.15, 0.2) is 0 Å². The zero-order chi connectivity index (χ0) is 11.5. The van der Waals surface area contributed by atoms with E-state index in [1.54, 1.807) is 25.9 Å². The summed E-state index contributed by atoms with van der Waals surface area (Å²) in [4.78, 5) is 13.7. The largest absolute Gasteiger partial charge is 0.384 e. The minimum atomic E-state index is -0.901. The Kier molecular flexibility index (Phi) is 3.70. The van der Waals surface area contributed by atoms with E-state index in [2.05, 4.69) is 0 Å². The predicted molar refractivity (Wildman–Crippen MR) is 56.0 cm³/mol. The van der Waals surface area contributed by atoms with Crippen LogP contribution in [0.1, 0.15) is 20.3 Å². The lowest BCUT2D eigenvalue weighted by molar-refractivity contribution is -0.136. The van der Waals surface area contributed by atoms with Gasteiger partial charge >= 0.3 is 0 Å². The summed E-state index contributed by atoms with van der Waals surface area (Å²) < 4.78 is 5.06. The first-order valence-electron chi connectivity index (χ1n) is 5.21. The highest BCUT2D eigenvalue weighted by molar-refractivity contribution is 5.84. The van der Waals surface area contributed by atoms with Crippen molar-refractivity contribution in [2.45, 2.75) is 20.3 Å². The number of ether oxygens (including phenoxy) is 1. The Labute approximate surface area is 90.8 Å². The molecule has 0 aliphatic carbocycles. The van der Waals surface area contributed by atoms with Gasteiger partial charge < -0.3 is 9.64 Å². The minimum Gasteiger partial charge on any atom is -0.384 e. The number of nitrogens with zero attached hydrogens (tertiary/aromatic N) is 2. The van der Waals surface area contributed by atoms with Crippen molar-refractivity contribution in [3.63, 3.8) is 0 Å². The number of methoxy groups -OCH3 is 1. The summed E-state index contributed by atoms with van der Waals surface area (Å²) in [6, 6.07) is 2.04. The molecule has 1 aliphatic heterocycles. The van der Waals surface area contributed by atoms with Crippen molar-refractivity contribution in [1.29, 1.82) is 5.26 Å². The third-order valence-electron chi connectivity index (χ3n) is 2.79. The molecule has 4 nitrogen and oxygen atoms in total. The van der Waals surface area contributed by atoms with E-state index in [1.807, 2.05) is 6.07 Å². The SMILES string of the molecule is COCC1CCN(C(=O)C(C)(C)C#N)C1. The van der Waals surface area contributed by atoms with E-state index in [-0.39, 0.29) is 5.91 Å². The molecule has 84 valence electrons. The van der Waals surface area contributed by atoms with Crippen LogP contribution < -0.4 is 0 Å². The fourth-order valence-corrected chi connectivity index (χ4v) is 1.83. The molecule has 0 radical (unpaired) electrons. The van der Waals surface area contributed by atoms with Crippen LogP contribution in [0.2, 0.25) is 0 Å². The predicted octanol–water partition coefficient (Wildman–Crippen LogP) is 1.03. The molecule has 0 saturated carbocycles. The van der Waals surface area contributed by atoms with E-state index in [1.165, 1.54) is 0 Å². The molecule has 1 rings (SSSR count). The number of nitriles is 1. The van der Waals surface area contributed by atoms with Crippen molar-refractivity contribution >= 4 is 5.91 Å². The molecule has 1 aliphatic rings. The van der Waals surface area contributed by atoms with Gasteiger partial charge in [0.1, 0.15) is 5.41 Å². The second-order valence-electron chi connectivity index (χ2n) is 4.60. The molecule has 1 atom stereocenters. The lowest BCUT2D eigenvalue weighted by Gasteiger charge is -2.23. The van der Waals surface area contributed by atoms with Crippen molar-refractivity contribution in [1.82, 2.24) is 4.90 Å². The van der Waals surface area contributed by atoms with E-state index >= 15 is 0 Å². The van der Waals surface area contributed by atoms with E-state index in [0.717, 1.165) is 19.5 Å². The van der Waals surface area contributed by atoms with Crippen molar-refractivity contribution in [3.8, 4) is 6.07 Å². The molecule has 1 fully saturated rings. The van der Waals surface area contributed by atoms with Gasteiger partial charge in [0.2, 0.25) is 5.91 Å². The number of amides is 1. The Morgan fingerprint density at radius 1 is 1.67 bits per heavy atom. The van der Waals surface area contributed by atoms with Crippen molar-refractivity contribution in [2.24, 2.45) is 11.3 Å². The van der Waals surface area contributed by atoms with Crippen molar-refractivity contribution < 1.29 is 9.53 Å². The second-order valence-corrected chi connectivity index (χ2v) is 4.60. The second kappa shape index (κ2) is 4.63. The molecule has 0 aromatic heterocycles. The van der Waals surface area contributed by atoms with Crippen LogP contribution in [0.25, 0.3) is 0 Å². The Morgan fingerprint density at radius 3 is 2.87 bits per heavy atom. The summed E-state index contributed by atoms with van der Waals surface area (Å²) in [5, 5.41) is 8.87. The van der Waals surface area contributed by atoms with Gasteiger partial charge in [-0.05, 0) is 20.3 Å². The van der Waals surface area contributed by atoms with Crippen molar-refractivity contribution in [3.05, 3.63) is 0 Å². The number of hydrogen-bond donors (Lipinski definition) is 0. The Balaban J connectivity index is 2.55. The number of hydrogen-bond acceptors (Lipinski definition) is 3. The fourth-order valence-electron chi connectivity index (χ4n) is 1.83. The standard InChI is InChI=1S/C11H18N2O2/c1-11(2,8-12)10(14)13-5-4-9(6-13)7-15-3/h9H,4-7H2,1-3H3. The summed E-state index contributed by atoms with van der Waals surface area (Å²) in [6.07, 6.45) is 0.973. The summed E-state index contributed by atoms with van der Waals surface area (Å²) in [7, 11) is 1.67. The summed E-state index contributed by atoms with van der Waals surface area (Å²) >= 11 is 0. The molecule has 4 heteroatoms. The van der Waals surface area contributed by atoms with Crippen LogP contribution >= 0.6 is 0 Å². The van der Waals surface area contributed by atoms with Crippen LogP contribution in [-0.2, 0) is 9.53 Å². The molecular weight excluding hydrogens is 192 g/mol. The van der Waals surface area contributed by atoms with Crippen LogP contribution in [0, 0.1) is 22.7 Å². The molecule has 0 bridgehead atoms. The van der Waals surface area contributed by atoms with Crippen LogP contribution in [0.5, 0.6) is 0 Å². The third-order valence-corrected chi connectivity index (χ3v) is 2.79. The lowest BCUT2D eigenvalue weighted by Crippen LogP contribution is -2.39. The minimum absolute atomic E-state index is 0.0661. The summed E-state index contributed by atoms with van der Waals surface area (Å²) in [5.74, 6) is 0.358. The Hall–Kier alpha value is -1.08. The van der Waals surface area contributed by atoms with E-state index in [0.29, 0.717) is 12.5 Å². The van der Waals surface area contributed by atoms with Gasteiger partial charge in [-0.25, -0.2) is 0 Å². The van der Waals surface area contributed by atoms with Gasteiger partial charge in [0, 0.05) is 26.1 Å².